The summed E-state index contributed by atoms with van der Waals surface area (Å²) in [5, 5.41) is 3.44. The second kappa shape index (κ2) is 8.74. The third-order valence-corrected chi connectivity index (χ3v) is 5.88. The predicted molar refractivity (Wildman–Crippen MR) is 121 cm³/mol. The molecule has 1 N–H and O–H groups in total. The Kier molecular flexibility index (Phi) is 6.52. The number of aromatic nitrogens is 3. The summed E-state index contributed by atoms with van der Waals surface area (Å²) in [4.78, 5) is 25.4. The number of anilines is 2. The van der Waals surface area contributed by atoms with E-state index in [1.165, 1.54) is 11.3 Å². The molecule has 0 saturated heterocycles. The number of thiazole rings is 1. The lowest BCUT2D eigenvalue weighted by Gasteiger charge is -2.27. The van der Waals surface area contributed by atoms with Crippen molar-refractivity contribution in [3.05, 3.63) is 52.9 Å². The fourth-order valence-corrected chi connectivity index (χ4v) is 3.89. The SMILES string of the molecule is Cc1cc(Nc2nccc(C(F)(F)F)n2)cc(-c2cnc(C(C)(C)C(=O)OC(C)(C)C)s2)c1. The number of alkyl halides is 3. The van der Waals surface area contributed by atoms with Gasteiger partial charge in [0.2, 0.25) is 5.95 Å². The minimum absolute atomic E-state index is 0.155. The normalized spacial score (nSPS) is 12.5. The molecular formula is C23H25F3N4O2S. The van der Waals surface area contributed by atoms with Gasteiger partial charge in [0.1, 0.15) is 21.7 Å². The van der Waals surface area contributed by atoms with Gasteiger partial charge in [-0.05, 0) is 70.9 Å². The molecule has 0 aliphatic rings. The number of ether oxygens (including phenoxy) is 1. The molecule has 0 saturated carbocycles. The highest BCUT2D eigenvalue weighted by Crippen LogP contribution is 2.36. The van der Waals surface area contributed by atoms with Gasteiger partial charge in [-0.3, -0.25) is 4.79 Å². The zero-order valence-electron chi connectivity index (χ0n) is 19.2. The van der Waals surface area contributed by atoms with Crippen molar-refractivity contribution in [1.82, 2.24) is 15.0 Å². The summed E-state index contributed by atoms with van der Waals surface area (Å²) in [6.07, 6.45) is -1.83. The fourth-order valence-electron chi connectivity index (χ4n) is 2.89. The number of nitrogens with zero attached hydrogens (tertiary/aromatic N) is 3. The number of hydrogen-bond donors (Lipinski definition) is 1. The van der Waals surface area contributed by atoms with Crippen LogP contribution in [0.2, 0.25) is 0 Å². The van der Waals surface area contributed by atoms with Crippen LogP contribution in [0, 0.1) is 6.92 Å². The Bertz CT molecular complexity index is 1170. The van der Waals surface area contributed by atoms with E-state index >= 15 is 0 Å². The van der Waals surface area contributed by atoms with E-state index in [9.17, 15) is 18.0 Å². The average Bonchev–Trinajstić information content (AvgIpc) is 3.17. The topological polar surface area (TPSA) is 77.0 Å². The summed E-state index contributed by atoms with van der Waals surface area (Å²) in [6, 6.07) is 6.29. The van der Waals surface area contributed by atoms with Crippen molar-refractivity contribution in [3.8, 4) is 10.4 Å². The van der Waals surface area contributed by atoms with E-state index in [4.69, 9.17) is 4.74 Å². The number of aryl methyl sites for hydroxylation is 1. The average molecular weight is 479 g/mol. The first kappa shape index (κ1) is 24.6. The lowest BCUT2D eigenvalue weighted by molar-refractivity contribution is -0.160. The molecule has 0 bridgehead atoms. The Balaban J connectivity index is 1.88. The molecule has 6 nitrogen and oxygen atoms in total. The van der Waals surface area contributed by atoms with E-state index in [2.05, 4.69) is 20.3 Å². The molecule has 2 heterocycles. The van der Waals surface area contributed by atoms with Crippen LogP contribution < -0.4 is 5.32 Å². The lowest BCUT2D eigenvalue weighted by atomic mass is 9.94. The second-order valence-corrected chi connectivity index (χ2v) is 10.2. The minimum Gasteiger partial charge on any atom is -0.459 e. The molecule has 0 amide bonds. The van der Waals surface area contributed by atoms with Crippen molar-refractivity contribution in [2.45, 2.75) is 58.7 Å². The first-order valence-electron chi connectivity index (χ1n) is 10.1. The van der Waals surface area contributed by atoms with Crippen molar-refractivity contribution in [2.75, 3.05) is 5.32 Å². The van der Waals surface area contributed by atoms with E-state index in [1.807, 2.05) is 33.8 Å². The van der Waals surface area contributed by atoms with Crippen LogP contribution in [0.25, 0.3) is 10.4 Å². The van der Waals surface area contributed by atoms with Crippen molar-refractivity contribution < 1.29 is 22.7 Å². The monoisotopic (exact) mass is 478 g/mol. The van der Waals surface area contributed by atoms with Gasteiger partial charge in [-0.25, -0.2) is 15.0 Å². The van der Waals surface area contributed by atoms with Gasteiger partial charge in [0.05, 0.1) is 4.88 Å². The van der Waals surface area contributed by atoms with Crippen LogP contribution in [0.1, 0.15) is 50.9 Å². The Morgan fingerprint density at radius 1 is 1.06 bits per heavy atom. The Hall–Kier alpha value is -3.01. The van der Waals surface area contributed by atoms with E-state index in [1.54, 1.807) is 32.2 Å². The molecule has 0 spiro atoms. The largest absolute Gasteiger partial charge is 0.459 e. The molecule has 176 valence electrons. The van der Waals surface area contributed by atoms with Crippen LogP contribution in [-0.2, 0) is 21.1 Å². The first-order chi connectivity index (χ1) is 15.1. The van der Waals surface area contributed by atoms with Crippen LogP contribution in [0.15, 0.2) is 36.7 Å². The summed E-state index contributed by atoms with van der Waals surface area (Å²) in [7, 11) is 0. The van der Waals surface area contributed by atoms with Gasteiger partial charge in [-0.1, -0.05) is 6.07 Å². The Morgan fingerprint density at radius 3 is 2.39 bits per heavy atom. The number of nitrogens with one attached hydrogen (secondary N) is 1. The highest BCUT2D eigenvalue weighted by molar-refractivity contribution is 7.15. The van der Waals surface area contributed by atoms with E-state index in [-0.39, 0.29) is 11.9 Å². The standard InChI is InChI=1S/C23H25F3N4O2S/c1-13-9-14(11-15(10-13)29-20-27-8-7-17(30-20)23(24,25)26)16-12-28-18(33-16)22(5,6)19(31)32-21(2,3)4/h7-12H,1-6H3,(H,27,29,30). The van der Waals surface area contributed by atoms with Gasteiger partial charge in [0.25, 0.3) is 0 Å². The van der Waals surface area contributed by atoms with Gasteiger partial charge in [0, 0.05) is 18.1 Å². The highest BCUT2D eigenvalue weighted by Gasteiger charge is 2.37. The molecule has 33 heavy (non-hydrogen) atoms. The maximum Gasteiger partial charge on any atom is 0.433 e. The first-order valence-corrected chi connectivity index (χ1v) is 11.0. The van der Waals surface area contributed by atoms with Gasteiger partial charge in [-0.15, -0.1) is 11.3 Å². The maximum atomic E-state index is 12.9. The Labute approximate surface area is 194 Å². The van der Waals surface area contributed by atoms with Crippen LogP contribution in [0.5, 0.6) is 0 Å². The number of hydrogen-bond acceptors (Lipinski definition) is 7. The molecule has 0 radical (unpaired) electrons. The van der Waals surface area contributed by atoms with Crippen LogP contribution in [0.4, 0.5) is 24.8 Å². The molecule has 0 aliphatic carbocycles. The summed E-state index contributed by atoms with van der Waals surface area (Å²) < 4.78 is 44.4. The van der Waals surface area contributed by atoms with Crippen molar-refractivity contribution in [1.29, 1.82) is 0 Å². The predicted octanol–water partition coefficient (Wildman–Crippen LogP) is 6.29. The number of benzene rings is 1. The molecule has 3 rings (SSSR count). The van der Waals surface area contributed by atoms with Crippen LogP contribution in [0.3, 0.4) is 0 Å². The summed E-state index contributed by atoms with van der Waals surface area (Å²) >= 11 is 1.36. The second-order valence-electron chi connectivity index (χ2n) is 9.13. The molecule has 0 aliphatic heterocycles. The maximum absolute atomic E-state index is 12.9. The summed E-state index contributed by atoms with van der Waals surface area (Å²) in [5.41, 5.74) is -0.365. The minimum atomic E-state index is -4.56. The molecule has 2 aromatic heterocycles. The van der Waals surface area contributed by atoms with Crippen LogP contribution >= 0.6 is 11.3 Å². The van der Waals surface area contributed by atoms with Gasteiger partial charge < -0.3 is 10.1 Å². The van der Waals surface area contributed by atoms with Gasteiger partial charge in [-0.2, -0.15) is 13.2 Å². The van der Waals surface area contributed by atoms with E-state index < -0.39 is 22.9 Å². The number of rotatable bonds is 5. The molecular weight excluding hydrogens is 453 g/mol. The summed E-state index contributed by atoms with van der Waals surface area (Å²) in [5.74, 6) is -0.526. The highest BCUT2D eigenvalue weighted by atomic mass is 32.1. The third kappa shape index (κ3) is 6.07. The van der Waals surface area contributed by atoms with E-state index in [0.29, 0.717) is 10.7 Å². The molecule has 0 fully saturated rings. The number of esters is 1. The molecule has 0 unspecified atom stereocenters. The molecule has 1 aromatic carbocycles. The zero-order chi connectivity index (χ0) is 24.6. The lowest BCUT2D eigenvalue weighted by Crippen LogP contribution is -2.36. The zero-order valence-corrected chi connectivity index (χ0v) is 20.0. The van der Waals surface area contributed by atoms with Crippen molar-refractivity contribution in [2.24, 2.45) is 0 Å². The van der Waals surface area contributed by atoms with E-state index in [0.717, 1.165) is 28.3 Å². The quantitative estimate of drug-likeness (QED) is 0.434. The Morgan fingerprint density at radius 2 is 1.76 bits per heavy atom. The molecule has 0 atom stereocenters. The smallest absolute Gasteiger partial charge is 0.433 e. The third-order valence-electron chi connectivity index (χ3n) is 4.51. The molecule has 3 aromatic rings. The van der Waals surface area contributed by atoms with Crippen molar-refractivity contribution in [3.63, 3.8) is 0 Å². The summed E-state index contributed by atoms with van der Waals surface area (Å²) in [6.45, 7) is 10.8. The fraction of sp³-hybridized carbons (Fsp3) is 0.391. The van der Waals surface area contributed by atoms with Crippen molar-refractivity contribution >= 4 is 28.9 Å². The van der Waals surface area contributed by atoms with Gasteiger partial charge >= 0.3 is 12.1 Å². The molecule has 10 heteroatoms. The van der Waals surface area contributed by atoms with Gasteiger partial charge in [0.15, 0.2) is 0 Å². The number of carbonyl (C=O) groups excluding carboxylic acids is 1. The number of carbonyl (C=O) groups is 1. The van der Waals surface area contributed by atoms with Crippen LogP contribution in [-0.4, -0.2) is 26.5 Å². The number of halogens is 3.